The quantitative estimate of drug-likeness (QED) is 0.658. The minimum atomic E-state index is -0.519. The van der Waals surface area contributed by atoms with Crippen LogP contribution in [0, 0.1) is 13.8 Å². The zero-order valence-corrected chi connectivity index (χ0v) is 12.0. The lowest BCUT2D eigenvalue weighted by atomic mass is 10.1. The molecular weight excluding hydrogens is 252 g/mol. The Bertz CT molecular complexity index is 464. The molecule has 0 spiro atoms. The van der Waals surface area contributed by atoms with Crippen LogP contribution < -0.4 is 5.32 Å². The second kappa shape index (κ2) is 6.05. The molecule has 0 radical (unpaired) electrons. The number of halogens is 1. The molecule has 18 heavy (non-hydrogen) atoms. The SMILES string of the molecule is CC(=O)NCCn1c(C)cc(C(=O)C(C)Cl)c1C. The molecule has 0 aliphatic carbocycles. The number of carbonyl (C=O) groups excluding carboxylic acids is 2. The third-order valence-electron chi connectivity index (χ3n) is 2.91. The number of Topliss-reactive ketones (excluding diaryl/α,β-unsaturated/α-hetero) is 1. The molecule has 1 heterocycles. The van der Waals surface area contributed by atoms with Gasteiger partial charge < -0.3 is 9.88 Å². The second-order valence-corrected chi connectivity index (χ2v) is 5.05. The van der Waals surface area contributed by atoms with Gasteiger partial charge in [-0.05, 0) is 26.8 Å². The third kappa shape index (κ3) is 3.35. The smallest absolute Gasteiger partial charge is 0.216 e. The predicted molar refractivity (Wildman–Crippen MR) is 72.2 cm³/mol. The molecule has 0 fully saturated rings. The molecule has 1 rings (SSSR count). The van der Waals surface area contributed by atoms with E-state index in [1.54, 1.807) is 6.92 Å². The largest absolute Gasteiger partial charge is 0.355 e. The fraction of sp³-hybridized carbons (Fsp3) is 0.538. The van der Waals surface area contributed by atoms with E-state index in [1.807, 2.05) is 24.5 Å². The molecule has 0 saturated carbocycles. The van der Waals surface area contributed by atoms with Crippen LogP contribution in [0.2, 0.25) is 0 Å². The van der Waals surface area contributed by atoms with Gasteiger partial charge in [0, 0.05) is 37.0 Å². The van der Waals surface area contributed by atoms with E-state index in [2.05, 4.69) is 5.32 Å². The average Bonchev–Trinajstić information content (AvgIpc) is 2.55. The lowest BCUT2D eigenvalue weighted by molar-refractivity contribution is -0.118. The van der Waals surface area contributed by atoms with Crippen LogP contribution in [-0.4, -0.2) is 28.2 Å². The van der Waals surface area contributed by atoms with Gasteiger partial charge in [-0.2, -0.15) is 0 Å². The molecular formula is C13H19ClN2O2. The maximum Gasteiger partial charge on any atom is 0.216 e. The minimum absolute atomic E-state index is 0.0526. The van der Waals surface area contributed by atoms with Gasteiger partial charge >= 0.3 is 0 Å². The summed E-state index contributed by atoms with van der Waals surface area (Å²) in [6.07, 6.45) is 0. The van der Waals surface area contributed by atoms with E-state index in [1.165, 1.54) is 6.92 Å². The summed E-state index contributed by atoms with van der Waals surface area (Å²) in [5.41, 5.74) is 2.56. The van der Waals surface area contributed by atoms with Crippen molar-refractivity contribution in [3.05, 3.63) is 23.0 Å². The van der Waals surface area contributed by atoms with Crippen LogP contribution in [0.1, 0.15) is 35.6 Å². The fourth-order valence-corrected chi connectivity index (χ4v) is 2.07. The molecule has 5 heteroatoms. The molecule has 0 aromatic carbocycles. The first kappa shape index (κ1) is 14.8. The Morgan fingerprint density at radius 2 is 2.06 bits per heavy atom. The number of hydrogen-bond donors (Lipinski definition) is 1. The van der Waals surface area contributed by atoms with Crippen molar-refractivity contribution in [2.45, 2.75) is 39.6 Å². The Labute approximate surface area is 112 Å². The molecule has 1 aromatic rings. The van der Waals surface area contributed by atoms with Crippen LogP contribution in [0.5, 0.6) is 0 Å². The Hall–Kier alpha value is -1.29. The minimum Gasteiger partial charge on any atom is -0.355 e. The monoisotopic (exact) mass is 270 g/mol. The Balaban J connectivity index is 2.87. The topological polar surface area (TPSA) is 51.1 Å². The normalized spacial score (nSPS) is 12.3. The van der Waals surface area contributed by atoms with Crippen LogP contribution >= 0.6 is 11.6 Å². The van der Waals surface area contributed by atoms with E-state index < -0.39 is 5.38 Å². The number of amides is 1. The van der Waals surface area contributed by atoms with Gasteiger partial charge in [0.25, 0.3) is 0 Å². The van der Waals surface area contributed by atoms with E-state index >= 15 is 0 Å². The van der Waals surface area contributed by atoms with Crippen LogP contribution in [0.3, 0.4) is 0 Å². The first-order valence-electron chi connectivity index (χ1n) is 5.94. The second-order valence-electron chi connectivity index (χ2n) is 4.40. The molecule has 1 amide bonds. The first-order chi connectivity index (χ1) is 8.34. The Kier molecular flexibility index (Phi) is 4.96. The molecule has 0 saturated heterocycles. The number of aryl methyl sites for hydroxylation is 1. The lowest BCUT2D eigenvalue weighted by Crippen LogP contribution is -2.25. The Morgan fingerprint density at radius 1 is 1.44 bits per heavy atom. The maximum atomic E-state index is 11.9. The average molecular weight is 271 g/mol. The molecule has 4 nitrogen and oxygen atoms in total. The summed E-state index contributed by atoms with van der Waals surface area (Å²) in [5, 5.41) is 2.22. The summed E-state index contributed by atoms with van der Waals surface area (Å²) in [7, 11) is 0. The standard InChI is InChI=1S/C13H19ClN2O2/c1-8-7-12(13(18)9(2)14)10(3)16(8)6-5-15-11(4)17/h7,9H,5-6H2,1-4H3,(H,15,17). The number of rotatable bonds is 5. The predicted octanol–water partition coefficient (Wildman–Crippen LogP) is 2.05. The summed E-state index contributed by atoms with van der Waals surface area (Å²) in [6.45, 7) is 8.20. The van der Waals surface area contributed by atoms with Gasteiger partial charge in [-0.25, -0.2) is 0 Å². The van der Waals surface area contributed by atoms with Crippen LogP contribution in [0.4, 0.5) is 0 Å². The molecule has 100 valence electrons. The molecule has 1 unspecified atom stereocenters. The van der Waals surface area contributed by atoms with Crippen LogP contribution in [-0.2, 0) is 11.3 Å². The van der Waals surface area contributed by atoms with Crippen LogP contribution in [0.25, 0.3) is 0 Å². The molecule has 0 aliphatic heterocycles. The number of aromatic nitrogens is 1. The number of nitrogens with zero attached hydrogens (tertiary/aromatic N) is 1. The van der Waals surface area contributed by atoms with Gasteiger partial charge in [0.15, 0.2) is 5.78 Å². The molecule has 0 aliphatic rings. The van der Waals surface area contributed by atoms with E-state index in [4.69, 9.17) is 11.6 Å². The highest BCUT2D eigenvalue weighted by Crippen LogP contribution is 2.18. The summed E-state index contributed by atoms with van der Waals surface area (Å²) >= 11 is 5.83. The number of carbonyl (C=O) groups is 2. The highest BCUT2D eigenvalue weighted by molar-refractivity contribution is 6.33. The third-order valence-corrected chi connectivity index (χ3v) is 3.11. The summed E-state index contributed by atoms with van der Waals surface area (Å²) < 4.78 is 2.02. The van der Waals surface area contributed by atoms with E-state index in [0.717, 1.165) is 11.4 Å². The van der Waals surface area contributed by atoms with Crippen molar-refractivity contribution >= 4 is 23.3 Å². The number of hydrogen-bond acceptors (Lipinski definition) is 2. The maximum absolute atomic E-state index is 11.9. The number of nitrogens with one attached hydrogen (secondary N) is 1. The van der Waals surface area contributed by atoms with Crippen molar-refractivity contribution in [2.75, 3.05) is 6.54 Å². The van der Waals surface area contributed by atoms with Gasteiger partial charge in [0.05, 0.1) is 5.38 Å². The number of alkyl halides is 1. The summed E-state index contributed by atoms with van der Waals surface area (Å²) in [4.78, 5) is 22.7. The van der Waals surface area contributed by atoms with Gasteiger partial charge in [0.2, 0.25) is 5.91 Å². The molecule has 0 bridgehead atoms. The molecule has 1 atom stereocenters. The van der Waals surface area contributed by atoms with Crippen LogP contribution in [0.15, 0.2) is 6.07 Å². The van der Waals surface area contributed by atoms with E-state index in [-0.39, 0.29) is 11.7 Å². The van der Waals surface area contributed by atoms with Crippen molar-refractivity contribution in [1.82, 2.24) is 9.88 Å². The van der Waals surface area contributed by atoms with E-state index in [0.29, 0.717) is 18.7 Å². The van der Waals surface area contributed by atoms with Crippen molar-refractivity contribution in [2.24, 2.45) is 0 Å². The van der Waals surface area contributed by atoms with Crippen molar-refractivity contribution < 1.29 is 9.59 Å². The van der Waals surface area contributed by atoms with Gasteiger partial charge in [-0.1, -0.05) is 0 Å². The summed E-state index contributed by atoms with van der Waals surface area (Å²) in [6, 6.07) is 1.85. The molecule has 1 N–H and O–H groups in total. The van der Waals surface area contributed by atoms with Gasteiger partial charge in [0.1, 0.15) is 0 Å². The number of ketones is 1. The first-order valence-corrected chi connectivity index (χ1v) is 6.37. The van der Waals surface area contributed by atoms with Gasteiger partial charge in [-0.15, -0.1) is 11.6 Å². The zero-order chi connectivity index (χ0) is 13.9. The lowest BCUT2D eigenvalue weighted by Gasteiger charge is -2.10. The van der Waals surface area contributed by atoms with Crippen molar-refractivity contribution in [3.63, 3.8) is 0 Å². The highest BCUT2D eigenvalue weighted by Gasteiger charge is 2.18. The van der Waals surface area contributed by atoms with Gasteiger partial charge in [-0.3, -0.25) is 9.59 Å². The van der Waals surface area contributed by atoms with Crippen molar-refractivity contribution in [3.8, 4) is 0 Å². The summed E-state index contributed by atoms with van der Waals surface area (Å²) in [5.74, 6) is -0.112. The zero-order valence-electron chi connectivity index (χ0n) is 11.2. The highest BCUT2D eigenvalue weighted by atomic mass is 35.5. The molecule has 1 aromatic heterocycles. The van der Waals surface area contributed by atoms with E-state index in [9.17, 15) is 9.59 Å². The van der Waals surface area contributed by atoms with Crippen molar-refractivity contribution in [1.29, 1.82) is 0 Å². The fourth-order valence-electron chi connectivity index (χ4n) is 1.95. The Morgan fingerprint density at radius 3 is 2.56 bits per heavy atom.